The maximum absolute atomic E-state index is 12.4. The summed E-state index contributed by atoms with van der Waals surface area (Å²) in [6, 6.07) is 19.0. The zero-order chi connectivity index (χ0) is 25.5. The van der Waals surface area contributed by atoms with Crippen molar-refractivity contribution < 1.29 is 17.2 Å². The van der Waals surface area contributed by atoms with Crippen LogP contribution in [0.5, 0.6) is 0 Å². The second-order valence-corrected chi connectivity index (χ2v) is 9.04. The number of urea groups is 1. The van der Waals surface area contributed by atoms with E-state index in [1.807, 2.05) is 50.2 Å². The summed E-state index contributed by atoms with van der Waals surface area (Å²) in [5, 5.41) is 2.53. The Morgan fingerprint density at radius 3 is 2.09 bits per heavy atom. The second-order valence-electron chi connectivity index (χ2n) is 9.04. The maximum Gasteiger partial charge on any atom is 0.313 e. The molecule has 2 aromatic carbocycles. The highest BCUT2D eigenvalue weighted by Crippen LogP contribution is 2.27. The van der Waals surface area contributed by atoms with Gasteiger partial charge >= 0.3 is 6.03 Å². The van der Waals surface area contributed by atoms with Gasteiger partial charge in [-0.2, -0.15) is 0 Å². The molecule has 1 saturated carbocycles. The molecule has 6 nitrogen and oxygen atoms in total. The Balaban J connectivity index is 0.000000665. The minimum absolute atomic E-state index is 0. The van der Waals surface area contributed by atoms with Crippen LogP contribution in [0.2, 0.25) is 0 Å². The number of nitrogens with one attached hydrogen (secondary N) is 1. The zero-order valence-corrected chi connectivity index (χ0v) is 21.2. The molecule has 0 spiro atoms. The average molecular weight is 484 g/mol. The fraction of sp³-hybridized carbons (Fsp3) is 0.483. The molecule has 2 aromatic rings. The van der Waals surface area contributed by atoms with Crippen molar-refractivity contribution in [2.45, 2.75) is 77.3 Å². The summed E-state index contributed by atoms with van der Waals surface area (Å²) < 4.78 is 0. The molecule has 2 amide bonds. The summed E-state index contributed by atoms with van der Waals surface area (Å²) in [7, 11) is 0. The topological polar surface area (TPSA) is 92.5 Å². The molecule has 1 unspecified atom stereocenters. The van der Waals surface area contributed by atoms with Gasteiger partial charge in [0.15, 0.2) is 5.78 Å². The molecule has 0 bridgehead atoms. The van der Waals surface area contributed by atoms with Gasteiger partial charge in [0.2, 0.25) is 0 Å². The van der Waals surface area contributed by atoms with Crippen molar-refractivity contribution in [2.75, 3.05) is 11.4 Å². The molecular weight excluding hydrogens is 438 g/mol. The third kappa shape index (κ3) is 9.19. The van der Waals surface area contributed by atoms with Crippen LogP contribution in [0.25, 0.3) is 0 Å². The lowest BCUT2D eigenvalue weighted by Gasteiger charge is -2.36. The van der Waals surface area contributed by atoms with Crippen molar-refractivity contribution in [1.29, 1.82) is 0 Å². The number of anilines is 1. The van der Waals surface area contributed by atoms with Gasteiger partial charge in [-0.25, -0.2) is 4.79 Å². The average Bonchev–Trinajstić information content (AvgIpc) is 2.90. The van der Waals surface area contributed by atoms with E-state index in [-0.39, 0.29) is 14.6 Å². The largest absolute Gasteiger partial charge is 0.368 e. The molecule has 1 aliphatic rings. The fourth-order valence-corrected chi connectivity index (χ4v) is 4.76. The van der Waals surface area contributed by atoms with Gasteiger partial charge in [-0.05, 0) is 43.4 Å². The van der Waals surface area contributed by atoms with Crippen LogP contribution in [0, 0.1) is 5.92 Å². The van der Waals surface area contributed by atoms with E-state index in [9.17, 15) is 14.4 Å². The standard InChI is InChI=1S/C15H21NO.C14H20N2O2.2H2/c17-13-7-12-16(14-8-3-1-4-9-14)15-10-5-2-6-11-15;1-3-10(4-2)13(17)12(16-14(15)18)11-8-6-5-7-9-11;;/h1,3-4,8-9,13,15H,2,5-7,10-12H2;5-10,12H,3-4H2,1-2H3,(H3,15,16,18);2*1H. The van der Waals surface area contributed by atoms with Gasteiger partial charge in [-0.3, -0.25) is 4.79 Å². The monoisotopic (exact) mass is 483 g/mol. The van der Waals surface area contributed by atoms with E-state index >= 15 is 0 Å². The van der Waals surface area contributed by atoms with Crippen LogP contribution in [0.1, 0.15) is 79.7 Å². The Morgan fingerprint density at radius 2 is 1.57 bits per heavy atom. The normalized spacial score (nSPS) is 14.4. The highest BCUT2D eigenvalue weighted by molar-refractivity contribution is 5.90. The minimum atomic E-state index is -0.678. The molecule has 1 fully saturated rings. The number of carbonyl (C=O) groups excluding carboxylic acids is 3. The second kappa shape index (κ2) is 15.7. The third-order valence-corrected chi connectivity index (χ3v) is 6.68. The number of aldehydes is 1. The molecule has 1 atom stereocenters. The Kier molecular flexibility index (Phi) is 12.6. The van der Waals surface area contributed by atoms with E-state index in [0.717, 1.165) is 31.2 Å². The van der Waals surface area contributed by atoms with Crippen LogP contribution < -0.4 is 16.0 Å². The molecule has 0 saturated heterocycles. The van der Waals surface area contributed by atoms with Crippen LogP contribution in [-0.2, 0) is 9.59 Å². The summed E-state index contributed by atoms with van der Waals surface area (Å²) >= 11 is 0. The first-order valence-corrected chi connectivity index (χ1v) is 12.9. The molecule has 1 aliphatic carbocycles. The summed E-state index contributed by atoms with van der Waals surface area (Å²) in [4.78, 5) is 36.4. The summed E-state index contributed by atoms with van der Waals surface area (Å²) in [6.45, 7) is 4.80. The number of benzene rings is 2. The quantitative estimate of drug-likeness (QED) is 0.366. The predicted molar refractivity (Wildman–Crippen MR) is 147 cm³/mol. The number of primary amides is 1. The SMILES string of the molecule is CCC(CC)C(=O)C(NC(N)=O)c1ccccc1.O=CCCN(c1ccccc1)C1CCCCC1.[HH].[HH]. The smallest absolute Gasteiger partial charge is 0.313 e. The molecular formula is C29H45N3O3. The number of para-hydroxylation sites is 1. The fourth-order valence-electron chi connectivity index (χ4n) is 4.76. The first kappa shape index (κ1) is 28.1. The first-order chi connectivity index (χ1) is 17.0. The lowest BCUT2D eigenvalue weighted by Crippen LogP contribution is -2.39. The van der Waals surface area contributed by atoms with E-state index in [4.69, 9.17) is 5.73 Å². The van der Waals surface area contributed by atoms with Gasteiger partial charge < -0.3 is 20.7 Å². The van der Waals surface area contributed by atoms with E-state index < -0.39 is 12.1 Å². The van der Waals surface area contributed by atoms with Gasteiger partial charge in [0.25, 0.3) is 0 Å². The van der Waals surface area contributed by atoms with Crippen molar-refractivity contribution in [2.24, 2.45) is 11.7 Å². The van der Waals surface area contributed by atoms with Gasteiger partial charge in [0.1, 0.15) is 12.3 Å². The summed E-state index contributed by atoms with van der Waals surface area (Å²) in [6.07, 6.45) is 9.75. The highest BCUT2D eigenvalue weighted by Gasteiger charge is 2.27. The van der Waals surface area contributed by atoms with Crippen molar-refractivity contribution in [3.05, 3.63) is 66.2 Å². The predicted octanol–water partition coefficient (Wildman–Crippen LogP) is 6.31. The Morgan fingerprint density at radius 1 is 1.00 bits per heavy atom. The molecule has 0 radical (unpaired) electrons. The maximum atomic E-state index is 12.4. The number of rotatable bonds is 11. The molecule has 194 valence electrons. The van der Waals surface area contributed by atoms with Crippen molar-refractivity contribution in [1.82, 2.24) is 5.32 Å². The zero-order valence-electron chi connectivity index (χ0n) is 21.2. The van der Waals surface area contributed by atoms with E-state index in [2.05, 4.69) is 34.5 Å². The van der Waals surface area contributed by atoms with Crippen LogP contribution in [0.4, 0.5) is 10.5 Å². The van der Waals surface area contributed by atoms with Gasteiger partial charge in [0, 0.05) is 33.5 Å². The van der Waals surface area contributed by atoms with Crippen molar-refractivity contribution in [3.63, 3.8) is 0 Å². The number of hydrogen-bond donors (Lipinski definition) is 2. The number of Topliss-reactive ketones (excluding diaryl/α,β-unsaturated/α-hetero) is 1. The lowest BCUT2D eigenvalue weighted by molar-refractivity contribution is -0.125. The third-order valence-electron chi connectivity index (χ3n) is 6.68. The number of amides is 2. The minimum Gasteiger partial charge on any atom is -0.368 e. The van der Waals surface area contributed by atoms with E-state index in [0.29, 0.717) is 12.5 Å². The number of carbonyl (C=O) groups is 3. The molecule has 3 rings (SSSR count). The summed E-state index contributed by atoms with van der Waals surface area (Å²) in [5.41, 5.74) is 7.19. The van der Waals surface area contributed by atoms with Crippen LogP contribution in [0.3, 0.4) is 0 Å². The van der Waals surface area contributed by atoms with Crippen LogP contribution in [-0.4, -0.2) is 30.7 Å². The number of nitrogens with zero attached hydrogens (tertiary/aromatic N) is 1. The highest BCUT2D eigenvalue weighted by atomic mass is 16.2. The van der Waals surface area contributed by atoms with Gasteiger partial charge in [-0.1, -0.05) is 81.6 Å². The Labute approximate surface area is 213 Å². The van der Waals surface area contributed by atoms with Crippen LogP contribution >= 0.6 is 0 Å². The molecule has 6 heteroatoms. The Hall–Kier alpha value is -3.15. The van der Waals surface area contributed by atoms with Crippen LogP contribution in [0.15, 0.2) is 60.7 Å². The van der Waals surface area contributed by atoms with E-state index in [1.165, 1.54) is 37.8 Å². The molecule has 3 N–H and O–H groups in total. The van der Waals surface area contributed by atoms with Gasteiger partial charge in [-0.15, -0.1) is 0 Å². The molecule has 0 aromatic heterocycles. The van der Waals surface area contributed by atoms with E-state index in [1.54, 1.807) is 0 Å². The van der Waals surface area contributed by atoms with Crippen molar-refractivity contribution in [3.8, 4) is 0 Å². The van der Waals surface area contributed by atoms with Gasteiger partial charge in [0.05, 0.1) is 0 Å². The Bertz CT molecular complexity index is 890. The number of nitrogens with two attached hydrogens (primary N) is 1. The molecule has 0 aliphatic heterocycles. The molecule has 35 heavy (non-hydrogen) atoms. The number of hydrogen-bond acceptors (Lipinski definition) is 4. The number of ketones is 1. The van der Waals surface area contributed by atoms with Crippen molar-refractivity contribution >= 4 is 23.8 Å². The molecule has 0 heterocycles. The summed E-state index contributed by atoms with van der Waals surface area (Å²) in [5.74, 6) is -0.0351. The first-order valence-electron chi connectivity index (χ1n) is 12.9. The lowest BCUT2D eigenvalue weighted by atomic mass is 9.89.